The molecule has 0 rings (SSSR count). The number of quaternary nitrogens is 1. The Hall–Kier alpha value is 0.347. The summed E-state index contributed by atoms with van der Waals surface area (Å²) in [6.07, 6.45) is 17.5. The van der Waals surface area contributed by atoms with Crippen LogP contribution in [0.2, 0.25) is 6.04 Å². The second-order valence-corrected chi connectivity index (χ2v) is 12.6. The van der Waals surface area contributed by atoms with Crippen molar-refractivity contribution >= 4 is 8.80 Å². The lowest BCUT2D eigenvalue weighted by Gasteiger charge is -2.33. The van der Waals surface area contributed by atoms with Gasteiger partial charge in [0.25, 0.3) is 0 Å². The molecule has 0 amide bonds. The van der Waals surface area contributed by atoms with Gasteiger partial charge in [0.15, 0.2) is 0 Å². The van der Waals surface area contributed by atoms with Gasteiger partial charge in [0, 0.05) is 32.3 Å². The van der Waals surface area contributed by atoms with E-state index in [9.17, 15) is 0 Å². The van der Waals surface area contributed by atoms with Crippen molar-refractivity contribution in [3.63, 3.8) is 0 Å². The van der Waals surface area contributed by atoms with Crippen LogP contribution in [0.3, 0.4) is 0 Å². The summed E-state index contributed by atoms with van der Waals surface area (Å²) in [6.45, 7) is 13.7. The molecule has 0 saturated carbocycles. The Bertz CT molecular complexity index is 360. The molecule has 0 fully saturated rings. The molecular weight excluding hydrogens is 438 g/mol. The van der Waals surface area contributed by atoms with Crippen molar-refractivity contribution in [1.82, 2.24) is 0 Å². The molecule has 196 valence electrons. The zero-order valence-corrected chi connectivity index (χ0v) is 24.4. The molecule has 4 nitrogen and oxygen atoms in total. The molecule has 0 aromatic heterocycles. The van der Waals surface area contributed by atoms with Crippen molar-refractivity contribution < 1.29 is 30.2 Å². The second-order valence-electron chi connectivity index (χ2n) is 9.90. The van der Waals surface area contributed by atoms with Gasteiger partial charge < -0.3 is 30.2 Å². The topological polar surface area (TPSA) is 27.7 Å². The average molecular weight is 496 g/mol. The van der Waals surface area contributed by atoms with E-state index in [1.807, 2.05) is 0 Å². The maximum absolute atomic E-state index is 6.41. The summed E-state index contributed by atoms with van der Waals surface area (Å²) in [6, 6.07) is 0.961. The summed E-state index contributed by atoms with van der Waals surface area (Å²) < 4.78 is 20.3. The van der Waals surface area contributed by atoms with Gasteiger partial charge in [-0.05, 0) is 32.1 Å². The molecule has 0 aliphatic rings. The van der Waals surface area contributed by atoms with Gasteiger partial charge in [0.1, 0.15) is 0 Å². The van der Waals surface area contributed by atoms with Gasteiger partial charge in [-0.25, -0.2) is 0 Å². The van der Waals surface area contributed by atoms with Crippen LogP contribution in [0.5, 0.6) is 0 Å². The molecule has 0 bridgehead atoms. The number of halogens is 1. The maximum atomic E-state index is 6.41. The summed E-state index contributed by atoms with van der Waals surface area (Å²) in [5.74, 6) is 0. The van der Waals surface area contributed by atoms with Crippen LogP contribution in [-0.4, -0.2) is 60.3 Å². The lowest BCUT2D eigenvalue weighted by atomic mass is 10.1. The molecular formula is C26H58ClNO3Si. The predicted molar refractivity (Wildman–Crippen MR) is 138 cm³/mol. The summed E-state index contributed by atoms with van der Waals surface area (Å²) in [7, 11) is 2.19. The minimum atomic E-state index is -2.57. The normalized spacial score (nSPS) is 12.2. The minimum Gasteiger partial charge on any atom is -1.00 e. The number of unbranched alkanes of at least 4 members (excludes halogenated alkanes) is 9. The van der Waals surface area contributed by atoms with Crippen LogP contribution in [0.15, 0.2) is 0 Å². The van der Waals surface area contributed by atoms with Crippen LogP contribution in [-0.2, 0) is 13.3 Å². The van der Waals surface area contributed by atoms with E-state index in [4.69, 9.17) is 13.3 Å². The van der Waals surface area contributed by atoms with E-state index in [1.165, 1.54) is 58.0 Å². The molecule has 0 aromatic carbocycles. The van der Waals surface area contributed by atoms with Crippen molar-refractivity contribution in [3.8, 4) is 0 Å². The summed E-state index contributed by atoms with van der Waals surface area (Å²) in [4.78, 5) is 0. The van der Waals surface area contributed by atoms with Gasteiger partial charge >= 0.3 is 8.80 Å². The molecule has 32 heavy (non-hydrogen) atoms. The highest BCUT2D eigenvalue weighted by Gasteiger charge is 2.41. The highest BCUT2D eigenvalue weighted by atomic mass is 35.5. The zero-order valence-electron chi connectivity index (χ0n) is 22.7. The molecule has 0 heterocycles. The van der Waals surface area contributed by atoms with Gasteiger partial charge in [-0.3, -0.25) is 0 Å². The van der Waals surface area contributed by atoms with Crippen LogP contribution >= 0.6 is 0 Å². The van der Waals surface area contributed by atoms with E-state index in [2.05, 4.69) is 41.8 Å². The standard InChI is InChI=1S/C26H58NO3Si.ClH/c1-7-11-15-16-17-18-19-21-27(5,6)22-20-26-31(28-23-12-8-2,29-24-13-9-3)30-25-14-10-4;/h7-26H2,1-6H3;1H/q+1;/p-1. The third-order valence-electron chi connectivity index (χ3n) is 6.07. The lowest BCUT2D eigenvalue weighted by molar-refractivity contribution is -0.890. The molecule has 0 aromatic rings. The van der Waals surface area contributed by atoms with Crippen molar-refractivity contribution in [1.29, 1.82) is 0 Å². The fraction of sp³-hybridized carbons (Fsp3) is 1.00. The predicted octanol–water partition coefficient (Wildman–Crippen LogP) is 4.60. The molecule has 0 aliphatic heterocycles. The Labute approximate surface area is 209 Å². The number of hydrogen-bond donors (Lipinski definition) is 0. The van der Waals surface area contributed by atoms with E-state index in [-0.39, 0.29) is 12.4 Å². The minimum absolute atomic E-state index is 0. The molecule has 0 spiro atoms. The largest absolute Gasteiger partial charge is 1.00 e. The second kappa shape index (κ2) is 23.1. The summed E-state index contributed by atoms with van der Waals surface area (Å²) >= 11 is 0. The van der Waals surface area contributed by atoms with E-state index in [0.29, 0.717) is 0 Å². The smallest absolute Gasteiger partial charge is 0.501 e. The quantitative estimate of drug-likeness (QED) is 0.111. The van der Waals surface area contributed by atoms with Crippen LogP contribution in [0.1, 0.15) is 118 Å². The first-order valence-corrected chi connectivity index (χ1v) is 15.6. The fourth-order valence-electron chi connectivity index (χ4n) is 3.79. The zero-order chi connectivity index (χ0) is 23.3. The van der Waals surface area contributed by atoms with E-state index >= 15 is 0 Å². The van der Waals surface area contributed by atoms with Crippen LogP contribution < -0.4 is 12.4 Å². The molecule has 6 heteroatoms. The number of hydrogen-bond acceptors (Lipinski definition) is 3. The van der Waals surface area contributed by atoms with Gasteiger partial charge in [-0.1, -0.05) is 79.1 Å². The van der Waals surface area contributed by atoms with Gasteiger partial charge in [0.2, 0.25) is 0 Å². The summed E-state index contributed by atoms with van der Waals surface area (Å²) in [5.41, 5.74) is 0. The van der Waals surface area contributed by atoms with Crippen molar-refractivity contribution in [3.05, 3.63) is 0 Å². The summed E-state index contributed by atoms with van der Waals surface area (Å²) in [5, 5.41) is 0. The average Bonchev–Trinajstić information content (AvgIpc) is 2.73. The Kier molecular flexibility index (Phi) is 24.9. The molecule has 0 radical (unpaired) electrons. The Morgan fingerprint density at radius 2 is 0.875 bits per heavy atom. The first kappa shape index (κ1) is 34.5. The Morgan fingerprint density at radius 1 is 0.500 bits per heavy atom. The number of nitrogens with zero attached hydrogens (tertiary/aromatic N) is 1. The van der Waals surface area contributed by atoms with E-state index in [1.54, 1.807) is 0 Å². The van der Waals surface area contributed by atoms with Crippen molar-refractivity contribution in [2.75, 3.05) is 47.0 Å². The number of rotatable bonds is 24. The monoisotopic (exact) mass is 495 g/mol. The molecule has 0 atom stereocenters. The van der Waals surface area contributed by atoms with Crippen LogP contribution in [0, 0.1) is 0 Å². The molecule has 0 saturated heterocycles. The highest BCUT2D eigenvalue weighted by Crippen LogP contribution is 2.21. The van der Waals surface area contributed by atoms with Gasteiger partial charge in [-0.2, -0.15) is 0 Å². The SMILES string of the molecule is CCCCCCCCC[N+](C)(C)CCC[Si](OCCCC)(OCCCC)OCCCC.[Cl-]. The van der Waals surface area contributed by atoms with E-state index < -0.39 is 8.80 Å². The molecule has 0 N–H and O–H groups in total. The van der Waals surface area contributed by atoms with Gasteiger partial charge in [-0.15, -0.1) is 0 Å². The third-order valence-corrected chi connectivity index (χ3v) is 8.97. The molecule has 0 aliphatic carbocycles. The van der Waals surface area contributed by atoms with Crippen LogP contribution in [0.25, 0.3) is 0 Å². The van der Waals surface area contributed by atoms with Crippen molar-refractivity contribution in [2.45, 2.75) is 124 Å². The highest BCUT2D eigenvalue weighted by molar-refractivity contribution is 6.60. The molecule has 0 unspecified atom stereocenters. The first-order valence-electron chi connectivity index (χ1n) is 13.7. The van der Waals surface area contributed by atoms with E-state index in [0.717, 1.165) is 75.3 Å². The fourth-order valence-corrected chi connectivity index (χ4v) is 6.43. The first-order chi connectivity index (χ1) is 14.9. The van der Waals surface area contributed by atoms with Crippen LogP contribution in [0.4, 0.5) is 0 Å². The Balaban J connectivity index is 0. The maximum Gasteiger partial charge on any atom is 0.501 e. The van der Waals surface area contributed by atoms with Crippen molar-refractivity contribution in [2.24, 2.45) is 0 Å². The lowest BCUT2D eigenvalue weighted by Crippen LogP contribution is -3.00. The Morgan fingerprint density at radius 3 is 1.31 bits per heavy atom. The van der Waals surface area contributed by atoms with Gasteiger partial charge in [0.05, 0.1) is 27.2 Å². The third kappa shape index (κ3) is 19.8.